The van der Waals surface area contributed by atoms with Gasteiger partial charge in [-0.1, -0.05) is 6.07 Å². The summed E-state index contributed by atoms with van der Waals surface area (Å²) in [6.07, 6.45) is 1.80. The fourth-order valence-electron chi connectivity index (χ4n) is 4.64. The first kappa shape index (κ1) is 24.8. The van der Waals surface area contributed by atoms with Crippen molar-refractivity contribution in [1.82, 2.24) is 14.9 Å². The zero-order chi connectivity index (χ0) is 24.9. The van der Waals surface area contributed by atoms with Crippen LogP contribution in [0.3, 0.4) is 0 Å². The molecule has 184 valence electrons. The molecule has 8 nitrogen and oxygen atoms in total. The van der Waals surface area contributed by atoms with Gasteiger partial charge in [-0.2, -0.15) is 0 Å². The molecule has 3 aromatic rings. The Kier molecular flexibility index (Phi) is 7.80. The molecule has 3 heterocycles. The quantitative estimate of drug-likeness (QED) is 0.438. The van der Waals surface area contributed by atoms with Crippen LogP contribution in [0, 0.1) is 13.8 Å². The number of rotatable bonds is 9. The third-order valence-electron chi connectivity index (χ3n) is 6.25. The number of thiocarbonyl (C=S) groups is 1. The molecular formula is C26H31N5O3S. The second kappa shape index (κ2) is 11.0. The van der Waals surface area contributed by atoms with E-state index in [0.717, 1.165) is 17.9 Å². The minimum Gasteiger partial charge on any atom is -0.383 e. The molecule has 9 heteroatoms. The molecule has 35 heavy (non-hydrogen) atoms. The molecule has 1 saturated heterocycles. The number of methoxy groups -OCH3 is 2. The molecule has 2 atom stereocenters. The van der Waals surface area contributed by atoms with E-state index in [-0.39, 0.29) is 24.6 Å². The van der Waals surface area contributed by atoms with E-state index in [1.54, 1.807) is 13.3 Å². The summed E-state index contributed by atoms with van der Waals surface area (Å²) in [5.74, 6) is -0.199. The van der Waals surface area contributed by atoms with Gasteiger partial charge in [0.25, 0.3) is 0 Å². The Morgan fingerprint density at radius 3 is 2.57 bits per heavy atom. The van der Waals surface area contributed by atoms with Gasteiger partial charge < -0.3 is 29.6 Å². The minimum absolute atomic E-state index is 0.00833. The van der Waals surface area contributed by atoms with Crippen LogP contribution in [0.2, 0.25) is 0 Å². The second-order valence-corrected chi connectivity index (χ2v) is 8.88. The van der Waals surface area contributed by atoms with E-state index in [2.05, 4.69) is 45.0 Å². The molecule has 0 aliphatic carbocycles. The standard InChI is InChI=1S/C26H31N5O3S/c1-17-15-21(18(2)30(17)13-14-33-3)25-24(22-7-5-6-12-27-22)29-26(35)31(25)20-10-8-19(9-11-20)28-23(32)16-34-4/h5-12,15,24-25H,13-14,16H2,1-4H3,(H,28,32)(H,29,35)/t24-,25-/m0/s1. The van der Waals surface area contributed by atoms with Crippen LogP contribution in [0.15, 0.2) is 54.7 Å². The lowest BCUT2D eigenvalue weighted by Gasteiger charge is -2.28. The van der Waals surface area contributed by atoms with Crippen LogP contribution in [-0.4, -0.2) is 48.0 Å². The van der Waals surface area contributed by atoms with E-state index in [1.165, 1.54) is 24.1 Å². The first-order valence-corrected chi connectivity index (χ1v) is 11.9. The summed E-state index contributed by atoms with van der Waals surface area (Å²) in [5, 5.41) is 6.97. The van der Waals surface area contributed by atoms with Crippen molar-refractivity contribution in [3.8, 4) is 0 Å². The highest BCUT2D eigenvalue weighted by Gasteiger charge is 2.42. The monoisotopic (exact) mass is 493 g/mol. The number of carbonyl (C=O) groups excluding carboxylic acids is 1. The van der Waals surface area contributed by atoms with Crippen molar-refractivity contribution in [2.75, 3.05) is 37.7 Å². The summed E-state index contributed by atoms with van der Waals surface area (Å²) >= 11 is 5.84. The lowest BCUT2D eigenvalue weighted by atomic mass is 9.96. The second-order valence-electron chi connectivity index (χ2n) is 8.50. The lowest BCUT2D eigenvalue weighted by molar-refractivity contribution is -0.119. The van der Waals surface area contributed by atoms with Crippen molar-refractivity contribution in [3.05, 3.63) is 77.4 Å². The summed E-state index contributed by atoms with van der Waals surface area (Å²) in [6, 6.07) is 15.6. The van der Waals surface area contributed by atoms with Gasteiger partial charge in [-0.15, -0.1) is 0 Å². The van der Waals surface area contributed by atoms with Gasteiger partial charge in [-0.25, -0.2) is 0 Å². The fraction of sp³-hybridized carbons (Fsp3) is 0.346. The van der Waals surface area contributed by atoms with Crippen molar-refractivity contribution in [2.24, 2.45) is 0 Å². The average molecular weight is 494 g/mol. The van der Waals surface area contributed by atoms with Crippen LogP contribution in [0.1, 0.15) is 34.7 Å². The van der Waals surface area contributed by atoms with E-state index >= 15 is 0 Å². The molecule has 0 spiro atoms. The maximum atomic E-state index is 11.9. The number of anilines is 2. The summed E-state index contributed by atoms with van der Waals surface area (Å²) in [6.45, 7) is 5.68. The molecule has 1 aliphatic heterocycles. The number of hydrogen-bond acceptors (Lipinski definition) is 5. The van der Waals surface area contributed by atoms with E-state index in [9.17, 15) is 4.79 Å². The van der Waals surface area contributed by atoms with Gasteiger partial charge in [-0.3, -0.25) is 9.78 Å². The number of carbonyl (C=O) groups is 1. The van der Waals surface area contributed by atoms with Gasteiger partial charge in [0.15, 0.2) is 5.11 Å². The van der Waals surface area contributed by atoms with Crippen molar-refractivity contribution in [3.63, 3.8) is 0 Å². The van der Waals surface area contributed by atoms with E-state index in [4.69, 9.17) is 21.7 Å². The number of ether oxygens (including phenoxy) is 2. The highest BCUT2D eigenvalue weighted by Crippen LogP contribution is 2.43. The molecule has 1 aromatic carbocycles. The Morgan fingerprint density at radius 2 is 1.91 bits per heavy atom. The van der Waals surface area contributed by atoms with Gasteiger partial charge >= 0.3 is 0 Å². The summed E-state index contributed by atoms with van der Waals surface area (Å²) in [4.78, 5) is 18.7. The van der Waals surface area contributed by atoms with Crippen molar-refractivity contribution < 1.29 is 14.3 Å². The Bertz CT molecular complexity index is 1180. The van der Waals surface area contributed by atoms with Crippen LogP contribution in [-0.2, 0) is 20.8 Å². The van der Waals surface area contributed by atoms with Gasteiger partial charge in [-0.05, 0) is 74.1 Å². The smallest absolute Gasteiger partial charge is 0.250 e. The number of aryl methyl sites for hydroxylation is 1. The van der Waals surface area contributed by atoms with Gasteiger partial charge in [0, 0.05) is 49.7 Å². The maximum Gasteiger partial charge on any atom is 0.250 e. The number of amides is 1. The van der Waals surface area contributed by atoms with Crippen LogP contribution in [0.4, 0.5) is 11.4 Å². The maximum absolute atomic E-state index is 11.9. The van der Waals surface area contributed by atoms with Crippen LogP contribution >= 0.6 is 12.2 Å². The molecule has 2 aromatic heterocycles. The number of nitrogens with one attached hydrogen (secondary N) is 2. The van der Waals surface area contributed by atoms with Crippen LogP contribution in [0.25, 0.3) is 0 Å². The van der Waals surface area contributed by atoms with E-state index in [0.29, 0.717) is 17.4 Å². The number of hydrogen-bond donors (Lipinski definition) is 2. The minimum atomic E-state index is -0.199. The third-order valence-corrected chi connectivity index (χ3v) is 6.57. The van der Waals surface area contributed by atoms with E-state index < -0.39 is 0 Å². The molecule has 0 bridgehead atoms. The molecule has 2 N–H and O–H groups in total. The molecule has 0 unspecified atom stereocenters. The van der Waals surface area contributed by atoms with Crippen molar-refractivity contribution in [1.29, 1.82) is 0 Å². The topological polar surface area (TPSA) is 80.7 Å². The fourth-order valence-corrected chi connectivity index (χ4v) is 4.98. The normalized spacial score (nSPS) is 17.5. The van der Waals surface area contributed by atoms with Crippen LogP contribution in [0.5, 0.6) is 0 Å². The van der Waals surface area contributed by atoms with Crippen LogP contribution < -0.4 is 15.5 Å². The van der Waals surface area contributed by atoms with Crippen molar-refractivity contribution >= 4 is 34.6 Å². The lowest BCUT2D eigenvalue weighted by Crippen LogP contribution is -2.29. The Morgan fingerprint density at radius 1 is 1.14 bits per heavy atom. The summed E-state index contributed by atoms with van der Waals surface area (Å²) < 4.78 is 12.5. The first-order valence-electron chi connectivity index (χ1n) is 11.5. The highest BCUT2D eigenvalue weighted by atomic mass is 32.1. The zero-order valence-corrected chi connectivity index (χ0v) is 21.3. The zero-order valence-electron chi connectivity index (χ0n) is 20.4. The SMILES string of the molecule is COCCn1c(C)cc([C@H]2[C@H](c3ccccn3)NC(=S)N2c2ccc(NC(=O)COC)cc2)c1C. The predicted molar refractivity (Wildman–Crippen MR) is 141 cm³/mol. The Labute approximate surface area is 211 Å². The molecule has 0 radical (unpaired) electrons. The number of benzene rings is 1. The number of nitrogens with zero attached hydrogens (tertiary/aromatic N) is 3. The molecule has 1 fully saturated rings. The predicted octanol–water partition coefficient (Wildman–Crippen LogP) is 3.91. The van der Waals surface area contributed by atoms with Gasteiger partial charge in [0.1, 0.15) is 6.61 Å². The highest BCUT2D eigenvalue weighted by molar-refractivity contribution is 7.80. The molecule has 1 aliphatic rings. The van der Waals surface area contributed by atoms with Gasteiger partial charge in [0.2, 0.25) is 5.91 Å². The van der Waals surface area contributed by atoms with E-state index in [1.807, 2.05) is 42.5 Å². The third kappa shape index (κ3) is 5.22. The molecule has 4 rings (SSSR count). The molecule has 1 amide bonds. The van der Waals surface area contributed by atoms with Gasteiger partial charge in [0.05, 0.1) is 24.4 Å². The Hall–Kier alpha value is -3.27. The van der Waals surface area contributed by atoms with Crippen molar-refractivity contribution in [2.45, 2.75) is 32.5 Å². The number of pyridine rings is 1. The Balaban J connectivity index is 1.73. The molecule has 0 saturated carbocycles. The largest absolute Gasteiger partial charge is 0.383 e. The number of aromatic nitrogens is 2. The first-order chi connectivity index (χ1) is 16.9. The molecular weight excluding hydrogens is 462 g/mol. The summed E-state index contributed by atoms with van der Waals surface area (Å²) in [5.41, 5.74) is 6.07. The average Bonchev–Trinajstić information content (AvgIpc) is 3.34. The summed E-state index contributed by atoms with van der Waals surface area (Å²) in [7, 11) is 3.21.